The van der Waals surface area contributed by atoms with E-state index in [0.29, 0.717) is 24.4 Å². The van der Waals surface area contributed by atoms with Gasteiger partial charge < -0.3 is 10.2 Å². The highest BCUT2D eigenvalue weighted by atomic mass is 16.2. The van der Waals surface area contributed by atoms with E-state index >= 15 is 0 Å². The van der Waals surface area contributed by atoms with Crippen molar-refractivity contribution in [1.82, 2.24) is 10.2 Å². The number of hydrogen-bond donors (Lipinski definition) is 1. The first kappa shape index (κ1) is 15.6. The van der Waals surface area contributed by atoms with Gasteiger partial charge in [0.15, 0.2) is 0 Å². The van der Waals surface area contributed by atoms with Crippen LogP contribution in [-0.4, -0.2) is 36.5 Å². The van der Waals surface area contributed by atoms with Crippen LogP contribution in [0.3, 0.4) is 0 Å². The smallest absolute Gasteiger partial charge is 0.226 e. The van der Waals surface area contributed by atoms with Crippen LogP contribution in [0.4, 0.5) is 0 Å². The summed E-state index contributed by atoms with van der Waals surface area (Å²) in [6.45, 7) is 8.65. The Bertz CT molecular complexity index is 323. The highest BCUT2D eigenvalue weighted by molar-refractivity contribution is 5.79. The Morgan fingerprint density at radius 2 is 2.05 bits per heavy atom. The Balaban J connectivity index is 1.91. The van der Waals surface area contributed by atoms with E-state index in [0.717, 1.165) is 25.9 Å². The minimum atomic E-state index is 0.217. The van der Waals surface area contributed by atoms with Gasteiger partial charge in [-0.25, -0.2) is 0 Å². The highest BCUT2D eigenvalue weighted by Crippen LogP contribution is 2.26. The lowest BCUT2D eigenvalue weighted by molar-refractivity contribution is -0.137. The molecule has 2 atom stereocenters. The van der Waals surface area contributed by atoms with Crippen molar-refractivity contribution >= 4 is 5.91 Å². The van der Waals surface area contributed by atoms with Crippen molar-refractivity contribution in [2.75, 3.05) is 19.6 Å². The van der Waals surface area contributed by atoms with Gasteiger partial charge in [-0.15, -0.1) is 6.58 Å². The molecule has 1 aliphatic carbocycles. The maximum Gasteiger partial charge on any atom is 0.226 e. The molecule has 0 spiro atoms. The second kappa shape index (κ2) is 7.82. The predicted molar refractivity (Wildman–Crippen MR) is 83.5 cm³/mol. The van der Waals surface area contributed by atoms with Crippen LogP contribution in [0.2, 0.25) is 0 Å². The van der Waals surface area contributed by atoms with Crippen LogP contribution in [0.15, 0.2) is 12.7 Å². The lowest BCUT2D eigenvalue weighted by atomic mass is 9.87. The number of nitrogens with zero attached hydrogens (tertiary/aromatic N) is 1. The minimum absolute atomic E-state index is 0.217. The molecule has 1 N–H and O–H groups in total. The largest absolute Gasteiger partial charge is 0.338 e. The standard InChI is InChI=1S/C17H30N2O/c1-3-11-19(13-15-7-5-4-6-8-15)17(20)16-9-10-18-14(2)12-16/h3,14-16,18H,1,4-13H2,2H3/t14-,16-/m0/s1. The Hall–Kier alpha value is -0.830. The van der Waals surface area contributed by atoms with Crippen LogP contribution in [-0.2, 0) is 4.79 Å². The third kappa shape index (κ3) is 4.34. The molecule has 0 radical (unpaired) electrons. The number of carbonyl (C=O) groups excluding carboxylic acids is 1. The molecule has 1 aliphatic heterocycles. The molecule has 1 saturated heterocycles. The lowest BCUT2D eigenvalue weighted by Gasteiger charge is -2.34. The first-order valence-corrected chi connectivity index (χ1v) is 8.33. The van der Waals surface area contributed by atoms with Gasteiger partial charge in [0.1, 0.15) is 0 Å². The monoisotopic (exact) mass is 278 g/mol. The number of hydrogen-bond acceptors (Lipinski definition) is 2. The molecule has 0 unspecified atom stereocenters. The quantitative estimate of drug-likeness (QED) is 0.784. The zero-order chi connectivity index (χ0) is 14.4. The van der Waals surface area contributed by atoms with Crippen LogP contribution >= 0.6 is 0 Å². The van der Waals surface area contributed by atoms with Crippen molar-refractivity contribution in [3.63, 3.8) is 0 Å². The zero-order valence-electron chi connectivity index (χ0n) is 12.9. The van der Waals surface area contributed by atoms with E-state index in [-0.39, 0.29) is 5.92 Å². The Morgan fingerprint density at radius 3 is 2.70 bits per heavy atom. The number of rotatable bonds is 5. The number of nitrogens with one attached hydrogen (secondary N) is 1. The molecule has 1 saturated carbocycles. The molecule has 2 aliphatic rings. The first-order valence-electron chi connectivity index (χ1n) is 8.33. The fourth-order valence-corrected chi connectivity index (χ4v) is 3.71. The predicted octanol–water partition coefficient (Wildman–Crippen LogP) is 2.97. The van der Waals surface area contributed by atoms with Gasteiger partial charge in [-0.05, 0) is 45.1 Å². The van der Waals surface area contributed by atoms with Gasteiger partial charge in [0.05, 0.1) is 0 Å². The Kier molecular flexibility index (Phi) is 6.08. The van der Waals surface area contributed by atoms with Crippen LogP contribution < -0.4 is 5.32 Å². The fraction of sp³-hybridized carbons (Fsp3) is 0.824. The summed E-state index contributed by atoms with van der Waals surface area (Å²) < 4.78 is 0. The van der Waals surface area contributed by atoms with Crippen molar-refractivity contribution in [3.8, 4) is 0 Å². The van der Waals surface area contributed by atoms with E-state index in [1.54, 1.807) is 0 Å². The molecular weight excluding hydrogens is 248 g/mol. The van der Waals surface area contributed by atoms with Crippen LogP contribution in [0, 0.1) is 11.8 Å². The molecule has 0 aromatic heterocycles. The topological polar surface area (TPSA) is 32.3 Å². The molecule has 0 aromatic carbocycles. The molecule has 2 fully saturated rings. The molecule has 2 rings (SSSR count). The summed E-state index contributed by atoms with van der Waals surface area (Å²) in [5, 5.41) is 3.43. The summed E-state index contributed by atoms with van der Waals surface area (Å²) in [7, 11) is 0. The third-order valence-electron chi connectivity index (χ3n) is 4.84. The van der Waals surface area contributed by atoms with Crippen molar-refractivity contribution in [2.45, 2.75) is 57.9 Å². The molecular formula is C17H30N2O. The Labute approximate surface area is 123 Å². The van der Waals surface area contributed by atoms with E-state index in [4.69, 9.17) is 0 Å². The second-order valence-electron chi connectivity index (χ2n) is 6.61. The van der Waals surface area contributed by atoms with E-state index in [9.17, 15) is 4.79 Å². The SMILES string of the molecule is C=CCN(CC1CCCCC1)C(=O)[C@H]1CCN[C@@H](C)C1. The molecule has 1 amide bonds. The van der Waals surface area contributed by atoms with Crippen LogP contribution in [0.5, 0.6) is 0 Å². The molecule has 3 heteroatoms. The fourth-order valence-electron chi connectivity index (χ4n) is 3.71. The van der Waals surface area contributed by atoms with Gasteiger partial charge in [0.2, 0.25) is 5.91 Å². The molecule has 1 heterocycles. The maximum absolute atomic E-state index is 12.8. The van der Waals surface area contributed by atoms with E-state index in [1.165, 1.54) is 32.1 Å². The summed E-state index contributed by atoms with van der Waals surface area (Å²) in [5.74, 6) is 1.30. The first-order chi connectivity index (χ1) is 9.70. The van der Waals surface area contributed by atoms with Crippen molar-refractivity contribution in [2.24, 2.45) is 11.8 Å². The van der Waals surface area contributed by atoms with Gasteiger partial charge in [-0.3, -0.25) is 4.79 Å². The lowest BCUT2D eigenvalue weighted by Crippen LogP contribution is -2.45. The van der Waals surface area contributed by atoms with Crippen LogP contribution in [0.1, 0.15) is 51.9 Å². The summed E-state index contributed by atoms with van der Waals surface area (Å²) in [5.41, 5.74) is 0. The summed E-state index contributed by atoms with van der Waals surface area (Å²) in [6, 6.07) is 0.470. The summed E-state index contributed by atoms with van der Waals surface area (Å²) >= 11 is 0. The molecule has 0 bridgehead atoms. The van der Waals surface area contributed by atoms with Crippen LogP contribution in [0.25, 0.3) is 0 Å². The zero-order valence-corrected chi connectivity index (χ0v) is 12.9. The van der Waals surface area contributed by atoms with E-state index in [2.05, 4.69) is 23.7 Å². The van der Waals surface area contributed by atoms with Crippen molar-refractivity contribution in [3.05, 3.63) is 12.7 Å². The van der Waals surface area contributed by atoms with E-state index in [1.807, 2.05) is 6.08 Å². The average Bonchev–Trinajstić information content (AvgIpc) is 2.47. The second-order valence-corrected chi connectivity index (χ2v) is 6.61. The number of carbonyl (C=O) groups is 1. The summed E-state index contributed by atoms with van der Waals surface area (Å²) in [6.07, 6.45) is 10.5. The van der Waals surface area contributed by atoms with Gasteiger partial charge in [0.25, 0.3) is 0 Å². The van der Waals surface area contributed by atoms with Crippen molar-refractivity contribution in [1.29, 1.82) is 0 Å². The number of piperidine rings is 1. The minimum Gasteiger partial charge on any atom is -0.338 e. The highest BCUT2D eigenvalue weighted by Gasteiger charge is 2.29. The Morgan fingerprint density at radius 1 is 1.30 bits per heavy atom. The average molecular weight is 278 g/mol. The van der Waals surface area contributed by atoms with Gasteiger partial charge in [-0.2, -0.15) is 0 Å². The molecule has 114 valence electrons. The van der Waals surface area contributed by atoms with Gasteiger partial charge in [-0.1, -0.05) is 25.3 Å². The van der Waals surface area contributed by atoms with Gasteiger partial charge >= 0.3 is 0 Å². The van der Waals surface area contributed by atoms with Crippen molar-refractivity contribution < 1.29 is 4.79 Å². The van der Waals surface area contributed by atoms with E-state index < -0.39 is 0 Å². The number of amides is 1. The molecule has 3 nitrogen and oxygen atoms in total. The maximum atomic E-state index is 12.8. The van der Waals surface area contributed by atoms with Gasteiger partial charge in [0, 0.05) is 25.0 Å². The third-order valence-corrected chi connectivity index (χ3v) is 4.84. The molecule has 0 aromatic rings. The summed E-state index contributed by atoms with van der Waals surface area (Å²) in [4.78, 5) is 14.8. The molecule has 20 heavy (non-hydrogen) atoms. The normalized spacial score (nSPS) is 28.1.